The van der Waals surface area contributed by atoms with Crippen molar-refractivity contribution in [3.63, 3.8) is 0 Å². The van der Waals surface area contributed by atoms with E-state index in [9.17, 15) is 4.21 Å². The van der Waals surface area contributed by atoms with Crippen LogP contribution < -0.4 is 5.32 Å². The number of aliphatic imine (C=N–C) groups is 1. The molecule has 0 aromatic heterocycles. The van der Waals surface area contributed by atoms with Gasteiger partial charge < -0.3 is 5.32 Å². The molecule has 0 bridgehead atoms. The SMILES string of the molecule is CS(=O)CCN=C1NC(Cc2ccccc2)CS1. The quantitative estimate of drug-likeness (QED) is 0.893. The molecule has 1 N–H and O–H groups in total. The first kappa shape index (κ1) is 13.6. The molecule has 0 radical (unpaired) electrons. The van der Waals surface area contributed by atoms with Crippen LogP contribution in [0.1, 0.15) is 5.56 Å². The van der Waals surface area contributed by atoms with Gasteiger partial charge in [0.1, 0.15) is 0 Å². The molecular weight excluding hydrogens is 264 g/mol. The van der Waals surface area contributed by atoms with Gasteiger partial charge in [-0.25, -0.2) is 0 Å². The van der Waals surface area contributed by atoms with Crippen molar-refractivity contribution in [3.05, 3.63) is 35.9 Å². The van der Waals surface area contributed by atoms with E-state index in [4.69, 9.17) is 0 Å². The highest BCUT2D eigenvalue weighted by atomic mass is 32.2. The van der Waals surface area contributed by atoms with E-state index in [2.05, 4.69) is 34.6 Å². The first-order valence-electron chi connectivity index (χ1n) is 6.02. The lowest BCUT2D eigenvalue weighted by Crippen LogP contribution is -2.29. The number of rotatable bonds is 5. The lowest BCUT2D eigenvalue weighted by atomic mass is 10.1. The molecule has 0 aliphatic carbocycles. The summed E-state index contributed by atoms with van der Waals surface area (Å²) in [5.74, 6) is 1.71. The Morgan fingerprint density at radius 2 is 2.22 bits per heavy atom. The summed E-state index contributed by atoms with van der Waals surface area (Å²) in [5.41, 5.74) is 1.35. The fourth-order valence-corrected chi connectivity index (χ4v) is 3.15. The number of thioether (sulfide) groups is 1. The van der Waals surface area contributed by atoms with E-state index in [1.807, 2.05) is 6.07 Å². The third-order valence-electron chi connectivity index (χ3n) is 2.71. The van der Waals surface area contributed by atoms with E-state index in [0.717, 1.165) is 17.3 Å². The van der Waals surface area contributed by atoms with Crippen LogP contribution in [0.15, 0.2) is 35.3 Å². The van der Waals surface area contributed by atoms with E-state index >= 15 is 0 Å². The molecule has 2 unspecified atom stereocenters. The average molecular weight is 282 g/mol. The summed E-state index contributed by atoms with van der Waals surface area (Å²) in [7, 11) is -0.750. The highest BCUT2D eigenvalue weighted by molar-refractivity contribution is 8.14. The number of benzene rings is 1. The topological polar surface area (TPSA) is 41.5 Å². The van der Waals surface area contributed by atoms with E-state index in [-0.39, 0.29) is 0 Å². The molecule has 1 aliphatic rings. The van der Waals surface area contributed by atoms with Crippen molar-refractivity contribution in [2.45, 2.75) is 12.5 Å². The van der Waals surface area contributed by atoms with Gasteiger partial charge in [0.15, 0.2) is 5.17 Å². The second kappa shape index (κ2) is 6.95. The minimum Gasteiger partial charge on any atom is -0.361 e. The lowest BCUT2D eigenvalue weighted by Gasteiger charge is -2.09. The van der Waals surface area contributed by atoms with Crippen LogP contribution in [0, 0.1) is 0 Å². The summed E-state index contributed by atoms with van der Waals surface area (Å²) in [6.07, 6.45) is 2.75. The predicted octanol–water partition coefficient (Wildman–Crippen LogP) is 1.67. The molecule has 1 aliphatic heterocycles. The Kier molecular flexibility index (Phi) is 5.26. The molecule has 0 saturated carbocycles. The summed E-state index contributed by atoms with van der Waals surface area (Å²) in [6, 6.07) is 11.0. The Balaban J connectivity index is 1.80. The van der Waals surface area contributed by atoms with Crippen molar-refractivity contribution in [2.75, 3.05) is 24.3 Å². The molecule has 1 aromatic rings. The number of hydrogen-bond donors (Lipinski definition) is 1. The van der Waals surface area contributed by atoms with E-state index in [1.165, 1.54) is 5.56 Å². The number of nitrogens with zero attached hydrogens (tertiary/aromatic N) is 1. The van der Waals surface area contributed by atoms with Crippen molar-refractivity contribution < 1.29 is 4.21 Å². The highest BCUT2D eigenvalue weighted by Crippen LogP contribution is 2.17. The standard InChI is InChI=1S/C13H18N2OS2/c1-18(16)8-7-14-13-15-12(10-17-13)9-11-5-3-2-4-6-11/h2-6,12H,7-10H2,1H3,(H,14,15). The number of amidine groups is 1. The van der Waals surface area contributed by atoms with Gasteiger partial charge in [0.05, 0.1) is 6.54 Å². The van der Waals surface area contributed by atoms with Crippen LogP contribution >= 0.6 is 11.8 Å². The van der Waals surface area contributed by atoms with Gasteiger partial charge in [-0.2, -0.15) is 0 Å². The highest BCUT2D eigenvalue weighted by Gasteiger charge is 2.19. The van der Waals surface area contributed by atoms with Crippen LogP contribution in [0.3, 0.4) is 0 Å². The minimum absolute atomic E-state index is 0.461. The van der Waals surface area contributed by atoms with Crippen LogP contribution in [0.2, 0.25) is 0 Å². The second-order valence-electron chi connectivity index (χ2n) is 4.31. The molecular formula is C13H18N2OS2. The smallest absolute Gasteiger partial charge is 0.156 e. The molecule has 5 heteroatoms. The van der Waals surface area contributed by atoms with Crippen molar-refractivity contribution in [1.29, 1.82) is 0 Å². The van der Waals surface area contributed by atoms with Crippen LogP contribution in [0.5, 0.6) is 0 Å². The molecule has 1 fully saturated rings. The second-order valence-corrected chi connectivity index (χ2v) is 6.87. The summed E-state index contributed by atoms with van der Waals surface area (Å²) < 4.78 is 10.9. The molecule has 2 atom stereocenters. The van der Waals surface area contributed by atoms with Crippen molar-refractivity contribution >= 4 is 27.7 Å². The maximum absolute atomic E-state index is 10.9. The number of nitrogens with one attached hydrogen (secondary N) is 1. The molecule has 0 spiro atoms. The minimum atomic E-state index is -0.750. The van der Waals surface area contributed by atoms with Gasteiger partial charge in [0, 0.05) is 34.6 Å². The Labute approximate surface area is 115 Å². The average Bonchev–Trinajstić information content (AvgIpc) is 2.78. The Bertz CT molecular complexity index is 434. The molecule has 18 heavy (non-hydrogen) atoms. The normalized spacial score (nSPS) is 22.9. The van der Waals surface area contributed by atoms with Gasteiger partial charge >= 0.3 is 0 Å². The molecule has 1 aromatic carbocycles. The summed E-state index contributed by atoms with van der Waals surface area (Å²) in [5, 5.41) is 4.43. The Hall–Kier alpha value is -0.810. The van der Waals surface area contributed by atoms with Crippen molar-refractivity contribution in [1.82, 2.24) is 5.32 Å². The summed E-state index contributed by atoms with van der Waals surface area (Å²) in [4.78, 5) is 4.43. The zero-order valence-corrected chi connectivity index (χ0v) is 12.1. The van der Waals surface area contributed by atoms with Crippen LogP contribution in [-0.2, 0) is 17.2 Å². The summed E-state index contributed by atoms with van der Waals surface area (Å²) >= 11 is 1.76. The van der Waals surface area contributed by atoms with Crippen LogP contribution in [0.4, 0.5) is 0 Å². The van der Waals surface area contributed by atoms with Gasteiger partial charge in [-0.15, -0.1) is 0 Å². The molecule has 1 saturated heterocycles. The van der Waals surface area contributed by atoms with Gasteiger partial charge in [0.25, 0.3) is 0 Å². The van der Waals surface area contributed by atoms with Gasteiger partial charge in [0.2, 0.25) is 0 Å². The summed E-state index contributed by atoms with van der Waals surface area (Å²) in [6.45, 7) is 0.649. The maximum atomic E-state index is 10.9. The first-order chi connectivity index (χ1) is 8.74. The Morgan fingerprint density at radius 3 is 2.94 bits per heavy atom. The number of hydrogen-bond acceptors (Lipinski definition) is 3. The van der Waals surface area contributed by atoms with Gasteiger partial charge in [-0.05, 0) is 12.0 Å². The Morgan fingerprint density at radius 1 is 1.44 bits per heavy atom. The lowest BCUT2D eigenvalue weighted by molar-refractivity contribution is 0.684. The van der Waals surface area contributed by atoms with Gasteiger partial charge in [-0.1, -0.05) is 42.1 Å². The fourth-order valence-electron chi connectivity index (χ4n) is 1.81. The molecule has 3 nitrogen and oxygen atoms in total. The fraction of sp³-hybridized carbons (Fsp3) is 0.462. The maximum Gasteiger partial charge on any atom is 0.156 e. The van der Waals surface area contributed by atoms with E-state index in [1.54, 1.807) is 18.0 Å². The van der Waals surface area contributed by atoms with E-state index in [0.29, 0.717) is 18.3 Å². The monoisotopic (exact) mass is 282 g/mol. The zero-order valence-electron chi connectivity index (χ0n) is 10.5. The van der Waals surface area contributed by atoms with Crippen molar-refractivity contribution in [3.8, 4) is 0 Å². The van der Waals surface area contributed by atoms with E-state index < -0.39 is 10.8 Å². The first-order valence-corrected chi connectivity index (χ1v) is 8.73. The predicted molar refractivity (Wildman–Crippen MR) is 80.8 cm³/mol. The van der Waals surface area contributed by atoms with Gasteiger partial charge in [-0.3, -0.25) is 9.20 Å². The van der Waals surface area contributed by atoms with Crippen LogP contribution in [0.25, 0.3) is 0 Å². The molecule has 0 amide bonds. The molecule has 98 valence electrons. The van der Waals surface area contributed by atoms with Crippen molar-refractivity contribution in [2.24, 2.45) is 4.99 Å². The molecule has 1 heterocycles. The third-order valence-corrected chi connectivity index (χ3v) is 4.55. The molecule has 2 rings (SSSR count). The largest absolute Gasteiger partial charge is 0.361 e. The zero-order chi connectivity index (χ0) is 12.8. The van der Waals surface area contributed by atoms with Crippen LogP contribution in [-0.4, -0.2) is 39.7 Å². The third kappa shape index (κ3) is 4.46.